The molecule has 0 atom stereocenters. The van der Waals surface area contributed by atoms with Gasteiger partial charge in [-0.15, -0.1) is 0 Å². The summed E-state index contributed by atoms with van der Waals surface area (Å²) in [7, 11) is 0. The van der Waals surface area contributed by atoms with Crippen LogP contribution in [0.4, 0.5) is 10.1 Å². The van der Waals surface area contributed by atoms with Crippen molar-refractivity contribution < 1.29 is 28.9 Å². The van der Waals surface area contributed by atoms with Crippen molar-refractivity contribution in [2.24, 2.45) is 0 Å². The molecule has 0 saturated heterocycles. The molecule has 0 radical (unpaired) electrons. The van der Waals surface area contributed by atoms with Gasteiger partial charge in [-0.25, -0.2) is 9.18 Å². The normalized spacial score (nSPS) is 10.2. The van der Waals surface area contributed by atoms with E-state index in [1.165, 1.54) is 37.3 Å². The van der Waals surface area contributed by atoms with E-state index in [4.69, 9.17) is 9.84 Å². The molecule has 0 unspecified atom stereocenters. The Morgan fingerprint density at radius 3 is 2.61 bits per heavy atom. The fourth-order valence-electron chi connectivity index (χ4n) is 1.94. The van der Waals surface area contributed by atoms with E-state index >= 15 is 0 Å². The molecule has 2 aromatic rings. The molecule has 2 rings (SSSR count). The first-order valence-electron chi connectivity index (χ1n) is 6.64. The quantitative estimate of drug-likeness (QED) is 0.579. The van der Waals surface area contributed by atoms with E-state index < -0.39 is 17.8 Å². The Morgan fingerprint density at radius 1 is 1.22 bits per heavy atom. The average molecular weight is 319 g/mol. The first-order valence-corrected chi connectivity index (χ1v) is 6.64. The molecule has 0 saturated carbocycles. The maximum atomic E-state index is 13.2. The van der Waals surface area contributed by atoms with Crippen LogP contribution in [0.5, 0.6) is 11.5 Å². The number of aromatic hydroxyl groups is 1. The molecule has 0 aromatic heterocycles. The predicted octanol–water partition coefficient (Wildman–Crippen LogP) is 2.77. The summed E-state index contributed by atoms with van der Waals surface area (Å²) >= 11 is 0. The molecule has 0 aliphatic rings. The minimum absolute atomic E-state index is 0.0656. The highest BCUT2D eigenvalue weighted by Crippen LogP contribution is 2.25. The number of benzene rings is 2. The van der Waals surface area contributed by atoms with Crippen LogP contribution in [-0.2, 0) is 11.3 Å². The number of hydrogen-bond acceptors (Lipinski definition) is 5. The summed E-state index contributed by atoms with van der Waals surface area (Å²) in [4.78, 5) is 22.2. The van der Waals surface area contributed by atoms with Crippen LogP contribution < -0.4 is 10.1 Å². The van der Waals surface area contributed by atoms with Gasteiger partial charge in [-0.3, -0.25) is 4.79 Å². The number of carbonyl (C=O) groups excluding carboxylic acids is 1. The molecule has 120 valence electrons. The van der Waals surface area contributed by atoms with Gasteiger partial charge in [0.1, 0.15) is 22.9 Å². The molecule has 2 aromatic carbocycles. The molecule has 0 bridgehead atoms. The number of halogens is 1. The van der Waals surface area contributed by atoms with Crippen molar-refractivity contribution in [3.63, 3.8) is 0 Å². The summed E-state index contributed by atoms with van der Waals surface area (Å²) in [5.74, 6) is -2.51. The molecule has 0 aliphatic heterocycles. The van der Waals surface area contributed by atoms with E-state index in [2.05, 4.69) is 5.32 Å². The highest BCUT2D eigenvalue weighted by atomic mass is 19.1. The Kier molecular flexibility index (Phi) is 4.80. The van der Waals surface area contributed by atoms with Crippen LogP contribution in [-0.4, -0.2) is 22.2 Å². The Hall–Kier alpha value is -3.09. The zero-order valence-electron chi connectivity index (χ0n) is 12.2. The second kappa shape index (κ2) is 6.78. The van der Waals surface area contributed by atoms with Crippen molar-refractivity contribution in [2.75, 3.05) is 5.32 Å². The number of anilines is 1. The van der Waals surface area contributed by atoms with Crippen molar-refractivity contribution in [2.45, 2.75) is 13.5 Å². The number of carboxylic acid groups (broad SMARTS) is 1. The third kappa shape index (κ3) is 4.19. The molecule has 7 heteroatoms. The fraction of sp³-hybridized carbons (Fsp3) is 0.125. The van der Waals surface area contributed by atoms with Crippen LogP contribution in [0.15, 0.2) is 36.4 Å². The van der Waals surface area contributed by atoms with Crippen LogP contribution in [0.2, 0.25) is 0 Å². The Bertz CT molecular complexity index is 760. The zero-order valence-corrected chi connectivity index (χ0v) is 12.2. The molecular weight excluding hydrogens is 305 g/mol. The SMILES string of the molecule is CC(=O)Oc1ccc(NCc2cc(F)ccc2O)cc1C(=O)O. The lowest BCUT2D eigenvalue weighted by atomic mass is 10.1. The van der Waals surface area contributed by atoms with Crippen molar-refractivity contribution in [3.05, 3.63) is 53.3 Å². The number of esters is 1. The standard InChI is InChI=1S/C16H14FNO5/c1-9(19)23-15-5-3-12(7-13(15)16(21)22)18-8-10-6-11(17)2-4-14(10)20/h2-7,18,20H,8H2,1H3,(H,21,22). The van der Waals surface area contributed by atoms with Gasteiger partial charge in [-0.2, -0.15) is 0 Å². The Morgan fingerprint density at radius 2 is 1.96 bits per heavy atom. The number of phenols is 1. The second-order valence-electron chi connectivity index (χ2n) is 4.74. The van der Waals surface area contributed by atoms with Crippen LogP contribution in [0, 0.1) is 5.82 Å². The smallest absolute Gasteiger partial charge is 0.339 e. The van der Waals surface area contributed by atoms with Gasteiger partial charge in [0.2, 0.25) is 0 Å². The molecule has 0 fully saturated rings. The molecule has 0 aliphatic carbocycles. The van der Waals surface area contributed by atoms with Crippen LogP contribution in [0.1, 0.15) is 22.8 Å². The van der Waals surface area contributed by atoms with Crippen LogP contribution in [0.25, 0.3) is 0 Å². The van der Waals surface area contributed by atoms with Gasteiger partial charge < -0.3 is 20.3 Å². The summed E-state index contributed by atoms with van der Waals surface area (Å²) in [5.41, 5.74) is 0.557. The monoisotopic (exact) mass is 319 g/mol. The van der Waals surface area contributed by atoms with Gasteiger partial charge in [0.15, 0.2) is 0 Å². The third-order valence-electron chi connectivity index (χ3n) is 2.99. The van der Waals surface area contributed by atoms with Crippen molar-refractivity contribution in [1.82, 2.24) is 0 Å². The maximum absolute atomic E-state index is 13.2. The molecule has 6 nitrogen and oxygen atoms in total. The van der Waals surface area contributed by atoms with E-state index in [1.807, 2.05) is 0 Å². The number of ether oxygens (including phenoxy) is 1. The number of carboxylic acids is 1. The van der Waals surface area contributed by atoms with E-state index in [0.29, 0.717) is 11.3 Å². The lowest BCUT2D eigenvalue weighted by molar-refractivity contribution is -0.131. The number of aromatic carboxylic acids is 1. The van der Waals surface area contributed by atoms with Gasteiger partial charge in [0.05, 0.1) is 0 Å². The van der Waals surface area contributed by atoms with E-state index in [1.54, 1.807) is 0 Å². The number of nitrogens with one attached hydrogen (secondary N) is 1. The van der Waals surface area contributed by atoms with Crippen molar-refractivity contribution in [3.8, 4) is 11.5 Å². The summed E-state index contributed by atoms with van der Waals surface area (Å²) in [6, 6.07) is 7.69. The number of phenolic OH excluding ortho intramolecular Hbond substituents is 1. The summed E-state index contributed by atoms with van der Waals surface area (Å²) in [5, 5.41) is 21.7. The molecule has 23 heavy (non-hydrogen) atoms. The van der Waals surface area contributed by atoms with E-state index in [-0.39, 0.29) is 23.6 Å². The predicted molar refractivity (Wildman–Crippen MR) is 80.1 cm³/mol. The van der Waals surface area contributed by atoms with Gasteiger partial charge in [0.25, 0.3) is 0 Å². The summed E-state index contributed by atoms with van der Waals surface area (Å²) in [6.07, 6.45) is 0. The first-order chi connectivity index (χ1) is 10.9. The van der Waals surface area contributed by atoms with Crippen LogP contribution in [0.3, 0.4) is 0 Å². The van der Waals surface area contributed by atoms with Gasteiger partial charge in [0, 0.05) is 24.7 Å². The largest absolute Gasteiger partial charge is 0.508 e. The Labute approximate surface area is 131 Å². The lowest BCUT2D eigenvalue weighted by Gasteiger charge is -2.11. The number of rotatable bonds is 5. The van der Waals surface area contributed by atoms with E-state index in [9.17, 15) is 19.1 Å². The van der Waals surface area contributed by atoms with Gasteiger partial charge >= 0.3 is 11.9 Å². The maximum Gasteiger partial charge on any atom is 0.339 e. The second-order valence-corrected chi connectivity index (χ2v) is 4.74. The van der Waals surface area contributed by atoms with Gasteiger partial charge in [-0.1, -0.05) is 0 Å². The highest BCUT2D eigenvalue weighted by molar-refractivity contribution is 5.93. The van der Waals surface area contributed by atoms with E-state index in [0.717, 1.165) is 6.07 Å². The summed E-state index contributed by atoms with van der Waals surface area (Å²) < 4.78 is 18.0. The fourth-order valence-corrected chi connectivity index (χ4v) is 1.94. The molecule has 3 N–H and O–H groups in total. The first kappa shape index (κ1) is 16.3. The lowest BCUT2D eigenvalue weighted by Crippen LogP contribution is -2.08. The Balaban J connectivity index is 2.20. The van der Waals surface area contributed by atoms with Crippen molar-refractivity contribution >= 4 is 17.6 Å². The molecule has 0 amide bonds. The minimum atomic E-state index is -1.25. The highest BCUT2D eigenvalue weighted by Gasteiger charge is 2.14. The van der Waals surface area contributed by atoms with Crippen molar-refractivity contribution in [1.29, 1.82) is 0 Å². The average Bonchev–Trinajstić information content (AvgIpc) is 2.48. The zero-order chi connectivity index (χ0) is 17.0. The minimum Gasteiger partial charge on any atom is -0.508 e. The molecular formula is C16H14FNO5. The molecule has 0 heterocycles. The summed E-state index contributed by atoms with van der Waals surface area (Å²) in [6.45, 7) is 1.26. The number of hydrogen-bond donors (Lipinski definition) is 3. The third-order valence-corrected chi connectivity index (χ3v) is 2.99. The topological polar surface area (TPSA) is 95.9 Å². The number of carbonyl (C=O) groups is 2. The van der Waals surface area contributed by atoms with Gasteiger partial charge in [-0.05, 0) is 36.4 Å². The van der Waals surface area contributed by atoms with Crippen LogP contribution >= 0.6 is 0 Å². The molecule has 0 spiro atoms.